The van der Waals surface area contributed by atoms with Gasteiger partial charge >= 0.3 is 5.97 Å². The van der Waals surface area contributed by atoms with Crippen LogP contribution in [0, 0.1) is 19.7 Å². The quantitative estimate of drug-likeness (QED) is 0.358. The Balaban J connectivity index is 2.20. The first-order chi connectivity index (χ1) is 15.5. The van der Waals surface area contributed by atoms with Gasteiger partial charge in [0.25, 0.3) is 0 Å². The molecule has 0 amide bonds. The minimum atomic E-state index is -1.32. The second-order valence-electron chi connectivity index (χ2n) is 9.07. The second kappa shape index (κ2) is 8.36. The molecule has 0 saturated heterocycles. The topological polar surface area (TPSA) is 72.3 Å². The Morgan fingerprint density at radius 2 is 1.88 bits per heavy atom. The van der Waals surface area contributed by atoms with E-state index in [4.69, 9.17) is 21.3 Å². The minimum absolute atomic E-state index is 0.0324. The summed E-state index contributed by atoms with van der Waals surface area (Å²) in [6.45, 7) is 9.05. The van der Waals surface area contributed by atoms with Crippen LogP contribution >= 0.6 is 11.6 Å². The number of carboxylic acids is 1. The molecule has 0 aliphatic carbocycles. The molecule has 5 nitrogen and oxygen atoms in total. The highest BCUT2D eigenvalue weighted by atomic mass is 35.5. The van der Waals surface area contributed by atoms with E-state index < -0.39 is 23.5 Å². The van der Waals surface area contributed by atoms with Crippen LogP contribution in [-0.4, -0.2) is 26.6 Å². The zero-order valence-electron chi connectivity index (χ0n) is 19.0. The maximum Gasteiger partial charge on any atom is 0.337 e. The van der Waals surface area contributed by atoms with Gasteiger partial charge in [-0.2, -0.15) is 0 Å². The minimum Gasteiger partial charge on any atom is -0.479 e. The summed E-state index contributed by atoms with van der Waals surface area (Å²) in [5.41, 5.74) is 3.20. The average Bonchev–Trinajstić information content (AvgIpc) is 2.73. The van der Waals surface area contributed by atoms with Crippen LogP contribution in [0.15, 0.2) is 42.6 Å². The predicted molar refractivity (Wildman–Crippen MR) is 128 cm³/mol. The standard InChI is InChI=1S/C26H24ClFN2O3/c1-13-8-9-15-19(11-13)30-14(2)20(24(25(31)32)33-26(3,4)5)21(15)17-12-18(28)22(27)16-7-6-10-29-23(16)17/h6-12,24H,1-5H3,(H,31,32)/t24-/m0/s1. The molecule has 2 aromatic carbocycles. The van der Waals surface area contributed by atoms with Crippen LogP contribution in [-0.2, 0) is 9.53 Å². The van der Waals surface area contributed by atoms with E-state index >= 15 is 0 Å². The van der Waals surface area contributed by atoms with Gasteiger partial charge in [0.05, 0.1) is 21.7 Å². The summed E-state index contributed by atoms with van der Waals surface area (Å²) in [4.78, 5) is 21.6. The number of fused-ring (bicyclic) bond motifs is 2. The first-order valence-corrected chi connectivity index (χ1v) is 10.9. The lowest BCUT2D eigenvalue weighted by Crippen LogP contribution is -2.28. The van der Waals surface area contributed by atoms with Crippen molar-refractivity contribution in [3.8, 4) is 11.1 Å². The van der Waals surface area contributed by atoms with Gasteiger partial charge in [0.2, 0.25) is 0 Å². The summed E-state index contributed by atoms with van der Waals surface area (Å²) < 4.78 is 21.0. The van der Waals surface area contributed by atoms with Crippen molar-refractivity contribution in [2.24, 2.45) is 0 Å². The second-order valence-corrected chi connectivity index (χ2v) is 9.45. The number of hydrogen-bond donors (Lipinski definition) is 1. The van der Waals surface area contributed by atoms with Crippen LogP contribution in [0.5, 0.6) is 0 Å². The van der Waals surface area contributed by atoms with E-state index in [2.05, 4.69) is 4.98 Å². The fourth-order valence-electron chi connectivity index (χ4n) is 4.08. The molecule has 7 heteroatoms. The maximum absolute atomic E-state index is 15.0. The van der Waals surface area contributed by atoms with Crippen molar-refractivity contribution in [1.82, 2.24) is 9.97 Å². The third-order valence-electron chi connectivity index (χ3n) is 5.38. The number of benzene rings is 2. The normalized spacial score (nSPS) is 12.9. The lowest BCUT2D eigenvalue weighted by atomic mass is 9.89. The number of halogens is 2. The highest BCUT2D eigenvalue weighted by Gasteiger charge is 2.33. The number of nitrogens with zero attached hydrogens (tertiary/aromatic N) is 2. The molecule has 4 rings (SSSR count). The molecule has 0 aliphatic heterocycles. The molecular weight excluding hydrogens is 443 g/mol. The summed E-state index contributed by atoms with van der Waals surface area (Å²) in [5.74, 6) is -1.77. The average molecular weight is 467 g/mol. The van der Waals surface area contributed by atoms with Gasteiger partial charge in [-0.1, -0.05) is 23.7 Å². The van der Waals surface area contributed by atoms with Crippen molar-refractivity contribution < 1.29 is 19.0 Å². The van der Waals surface area contributed by atoms with Gasteiger partial charge in [-0.3, -0.25) is 9.97 Å². The van der Waals surface area contributed by atoms with E-state index in [0.717, 1.165) is 5.56 Å². The van der Waals surface area contributed by atoms with Crippen molar-refractivity contribution in [1.29, 1.82) is 0 Å². The third-order valence-corrected chi connectivity index (χ3v) is 5.76. The summed E-state index contributed by atoms with van der Waals surface area (Å²) >= 11 is 6.25. The number of carbonyl (C=O) groups is 1. The number of aryl methyl sites for hydroxylation is 2. The molecule has 4 aromatic rings. The molecule has 0 fully saturated rings. The van der Waals surface area contributed by atoms with E-state index in [9.17, 15) is 14.3 Å². The highest BCUT2D eigenvalue weighted by molar-refractivity contribution is 6.36. The Morgan fingerprint density at radius 1 is 1.15 bits per heavy atom. The molecule has 0 spiro atoms. The molecule has 2 heterocycles. The van der Waals surface area contributed by atoms with Gasteiger partial charge in [0, 0.05) is 39.4 Å². The van der Waals surface area contributed by atoms with Gasteiger partial charge in [0.1, 0.15) is 5.82 Å². The smallest absolute Gasteiger partial charge is 0.337 e. The van der Waals surface area contributed by atoms with Crippen LogP contribution in [0.25, 0.3) is 32.9 Å². The van der Waals surface area contributed by atoms with E-state index in [1.165, 1.54) is 6.07 Å². The molecule has 170 valence electrons. The van der Waals surface area contributed by atoms with E-state index in [1.807, 2.05) is 25.1 Å². The van der Waals surface area contributed by atoms with Crippen molar-refractivity contribution >= 4 is 39.4 Å². The Labute approximate surface area is 196 Å². The van der Waals surface area contributed by atoms with E-state index in [1.54, 1.807) is 46.0 Å². The van der Waals surface area contributed by atoms with E-state index in [-0.39, 0.29) is 5.02 Å². The molecule has 0 saturated carbocycles. The zero-order valence-corrected chi connectivity index (χ0v) is 19.8. The summed E-state index contributed by atoms with van der Waals surface area (Å²) in [5, 5.41) is 11.2. The van der Waals surface area contributed by atoms with Crippen LogP contribution in [0.3, 0.4) is 0 Å². The number of rotatable bonds is 4. The van der Waals surface area contributed by atoms with Gasteiger partial charge in [0.15, 0.2) is 6.10 Å². The summed E-state index contributed by atoms with van der Waals surface area (Å²) in [6.07, 6.45) is 0.274. The maximum atomic E-state index is 15.0. The van der Waals surface area contributed by atoms with Gasteiger partial charge in [-0.05, 0) is 64.4 Å². The number of ether oxygens (including phenoxy) is 1. The van der Waals surface area contributed by atoms with Crippen LogP contribution in [0.1, 0.15) is 43.7 Å². The third kappa shape index (κ3) is 4.28. The Morgan fingerprint density at radius 3 is 2.55 bits per heavy atom. The van der Waals surface area contributed by atoms with Crippen LogP contribution < -0.4 is 0 Å². The number of pyridine rings is 2. The van der Waals surface area contributed by atoms with Crippen molar-refractivity contribution in [3.05, 3.63) is 70.3 Å². The predicted octanol–water partition coefficient (Wildman–Crippen LogP) is 6.80. The summed E-state index contributed by atoms with van der Waals surface area (Å²) in [6, 6.07) is 10.4. The molecule has 1 atom stereocenters. The highest BCUT2D eigenvalue weighted by Crippen LogP contribution is 2.43. The van der Waals surface area contributed by atoms with E-state index in [0.29, 0.717) is 44.2 Å². The Bertz CT molecular complexity index is 1410. The number of aliphatic carboxylic acids is 1. The Hall–Kier alpha value is -3.09. The van der Waals surface area contributed by atoms with Crippen LogP contribution in [0.4, 0.5) is 4.39 Å². The van der Waals surface area contributed by atoms with Gasteiger partial charge in [-0.15, -0.1) is 0 Å². The molecule has 0 aliphatic rings. The van der Waals surface area contributed by atoms with Gasteiger partial charge < -0.3 is 9.84 Å². The van der Waals surface area contributed by atoms with Crippen molar-refractivity contribution in [2.45, 2.75) is 46.3 Å². The van der Waals surface area contributed by atoms with Gasteiger partial charge in [-0.25, -0.2) is 9.18 Å². The number of hydrogen-bond acceptors (Lipinski definition) is 4. The SMILES string of the molecule is Cc1ccc2c(-c3cc(F)c(Cl)c4cccnc34)c([C@H](OC(C)(C)C)C(=O)O)c(C)nc2c1. The fraction of sp³-hybridized carbons (Fsp3) is 0.269. The molecule has 0 radical (unpaired) electrons. The summed E-state index contributed by atoms with van der Waals surface area (Å²) in [7, 11) is 0. The first-order valence-electron chi connectivity index (χ1n) is 10.5. The molecule has 0 unspecified atom stereocenters. The molecule has 1 N–H and O–H groups in total. The monoisotopic (exact) mass is 466 g/mol. The lowest BCUT2D eigenvalue weighted by molar-refractivity contribution is -0.160. The molecule has 2 aromatic heterocycles. The number of aromatic nitrogens is 2. The van der Waals surface area contributed by atoms with Crippen molar-refractivity contribution in [3.63, 3.8) is 0 Å². The number of carboxylic acid groups (broad SMARTS) is 1. The first kappa shape index (κ1) is 23.1. The lowest BCUT2D eigenvalue weighted by Gasteiger charge is -2.28. The Kier molecular flexibility index (Phi) is 5.85. The van der Waals surface area contributed by atoms with Crippen molar-refractivity contribution in [2.75, 3.05) is 0 Å². The fourth-order valence-corrected chi connectivity index (χ4v) is 4.29. The largest absolute Gasteiger partial charge is 0.479 e. The molecule has 0 bridgehead atoms. The zero-order chi connectivity index (χ0) is 24.1. The molecular formula is C26H24ClFN2O3. The molecule has 33 heavy (non-hydrogen) atoms. The van der Waals surface area contributed by atoms with Crippen LogP contribution in [0.2, 0.25) is 5.02 Å².